The van der Waals surface area contributed by atoms with Gasteiger partial charge in [-0.15, -0.1) is 0 Å². The van der Waals surface area contributed by atoms with Crippen LogP contribution in [-0.2, 0) is 32.0 Å². The lowest BCUT2D eigenvalue weighted by atomic mass is 9.74. The first-order valence-electron chi connectivity index (χ1n) is 13.4. The average Bonchev–Trinajstić information content (AvgIpc) is 2.81. The van der Waals surface area contributed by atoms with Crippen LogP contribution < -0.4 is 0 Å². The number of benzene rings is 2. The first-order chi connectivity index (χ1) is 16.8. The minimum atomic E-state index is -0.155. The summed E-state index contributed by atoms with van der Waals surface area (Å²) in [5.41, 5.74) is 5.38. The molecule has 4 rings (SSSR count). The molecule has 35 heavy (non-hydrogen) atoms. The molecule has 4 nitrogen and oxygen atoms in total. The van der Waals surface area contributed by atoms with Crippen LogP contribution in [0.25, 0.3) is 11.1 Å². The van der Waals surface area contributed by atoms with E-state index in [-0.39, 0.29) is 17.1 Å². The van der Waals surface area contributed by atoms with Gasteiger partial charge < -0.3 is 18.9 Å². The molecule has 0 aromatic heterocycles. The maximum absolute atomic E-state index is 6.33. The Hall–Kier alpha value is -1.72. The van der Waals surface area contributed by atoms with Gasteiger partial charge in [-0.3, -0.25) is 0 Å². The van der Waals surface area contributed by atoms with Crippen LogP contribution in [0.2, 0.25) is 0 Å². The topological polar surface area (TPSA) is 36.9 Å². The summed E-state index contributed by atoms with van der Waals surface area (Å²) in [6, 6.07) is 17.7. The molecule has 0 spiro atoms. The molecule has 0 amide bonds. The van der Waals surface area contributed by atoms with Gasteiger partial charge in [0.25, 0.3) is 0 Å². The molecule has 2 aliphatic heterocycles. The molecule has 4 heteroatoms. The summed E-state index contributed by atoms with van der Waals surface area (Å²) < 4.78 is 23.4. The Balaban J connectivity index is 1.25. The van der Waals surface area contributed by atoms with E-state index in [0.717, 1.165) is 58.7 Å². The Morgan fingerprint density at radius 3 is 1.77 bits per heavy atom. The average molecular weight is 481 g/mol. The third-order valence-electron chi connectivity index (χ3n) is 8.00. The van der Waals surface area contributed by atoms with E-state index in [1.54, 1.807) is 0 Å². The van der Waals surface area contributed by atoms with Crippen molar-refractivity contribution in [1.82, 2.24) is 0 Å². The quantitative estimate of drug-likeness (QED) is 0.314. The third kappa shape index (κ3) is 6.74. The highest BCUT2D eigenvalue weighted by Crippen LogP contribution is 2.40. The second kappa shape index (κ2) is 11.1. The molecule has 0 saturated carbocycles. The number of rotatable bonds is 13. The number of hydrogen-bond donors (Lipinski definition) is 0. The Morgan fingerprint density at radius 1 is 0.800 bits per heavy atom. The highest BCUT2D eigenvalue weighted by atomic mass is 16.5. The van der Waals surface area contributed by atoms with E-state index in [9.17, 15) is 0 Å². The van der Waals surface area contributed by atoms with E-state index in [1.807, 2.05) is 0 Å². The molecule has 192 valence electrons. The molecule has 0 aliphatic carbocycles. The van der Waals surface area contributed by atoms with E-state index in [1.165, 1.54) is 22.3 Å². The molecule has 0 bridgehead atoms. The SMILES string of the molecule is CCC1(COC(C)Cc2ccc(-c3ccc(COC(C)(C)CC4(CC)COC4)cc3)cc2)COC1. The van der Waals surface area contributed by atoms with Crippen LogP contribution in [0, 0.1) is 10.8 Å². The first-order valence-corrected chi connectivity index (χ1v) is 13.4. The Bertz CT molecular complexity index is 912. The predicted molar refractivity (Wildman–Crippen MR) is 142 cm³/mol. The van der Waals surface area contributed by atoms with Gasteiger partial charge in [0.05, 0.1) is 51.3 Å². The standard InChI is InChI=1S/C31H44O4/c1-6-30(19-32-20-30)18-29(4,5)35-17-26-10-14-28(15-11-26)27-12-8-25(9-13-27)16-24(3)34-23-31(7-2)21-33-22-31/h8-15,24H,6-7,16-23H2,1-5H3. The first kappa shape index (κ1) is 26.3. The number of hydrogen-bond acceptors (Lipinski definition) is 4. The van der Waals surface area contributed by atoms with Gasteiger partial charge in [0, 0.05) is 10.8 Å². The van der Waals surface area contributed by atoms with E-state index >= 15 is 0 Å². The predicted octanol–water partition coefficient (Wildman–Crippen LogP) is 6.84. The summed E-state index contributed by atoms with van der Waals surface area (Å²) in [4.78, 5) is 0. The summed E-state index contributed by atoms with van der Waals surface area (Å²) in [6.07, 6.45) is 4.44. The minimum absolute atomic E-state index is 0.155. The molecule has 2 heterocycles. The minimum Gasteiger partial charge on any atom is -0.380 e. The zero-order valence-corrected chi connectivity index (χ0v) is 22.4. The van der Waals surface area contributed by atoms with Gasteiger partial charge in [-0.05, 0) is 68.7 Å². The van der Waals surface area contributed by atoms with Gasteiger partial charge >= 0.3 is 0 Å². The third-order valence-corrected chi connectivity index (χ3v) is 8.00. The van der Waals surface area contributed by atoms with Crippen molar-refractivity contribution in [3.63, 3.8) is 0 Å². The van der Waals surface area contributed by atoms with E-state index in [4.69, 9.17) is 18.9 Å². The molecule has 1 unspecified atom stereocenters. The van der Waals surface area contributed by atoms with E-state index in [0.29, 0.717) is 12.0 Å². The smallest absolute Gasteiger partial charge is 0.0724 e. The van der Waals surface area contributed by atoms with Crippen LogP contribution in [0.4, 0.5) is 0 Å². The van der Waals surface area contributed by atoms with Crippen molar-refractivity contribution in [2.45, 2.75) is 78.6 Å². The highest BCUT2D eigenvalue weighted by Gasteiger charge is 2.41. The van der Waals surface area contributed by atoms with Crippen molar-refractivity contribution in [1.29, 1.82) is 0 Å². The van der Waals surface area contributed by atoms with Crippen molar-refractivity contribution >= 4 is 0 Å². The molecular formula is C31H44O4. The fraction of sp³-hybridized carbons (Fsp3) is 0.613. The number of ether oxygens (including phenoxy) is 4. The van der Waals surface area contributed by atoms with Crippen molar-refractivity contribution in [2.75, 3.05) is 33.0 Å². The zero-order chi connectivity index (χ0) is 24.9. The van der Waals surface area contributed by atoms with E-state index < -0.39 is 0 Å². The van der Waals surface area contributed by atoms with Crippen molar-refractivity contribution in [2.24, 2.45) is 10.8 Å². The van der Waals surface area contributed by atoms with Crippen molar-refractivity contribution < 1.29 is 18.9 Å². The Morgan fingerprint density at radius 2 is 1.31 bits per heavy atom. The van der Waals surface area contributed by atoms with Crippen LogP contribution in [0.15, 0.2) is 48.5 Å². The van der Waals surface area contributed by atoms with Crippen LogP contribution in [0.5, 0.6) is 0 Å². The lowest BCUT2D eigenvalue weighted by Crippen LogP contribution is -2.47. The molecule has 2 fully saturated rings. The van der Waals surface area contributed by atoms with Gasteiger partial charge in [-0.1, -0.05) is 62.4 Å². The summed E-state index contributed by atoms with van der Waals surface area (Å²) >= 11 is 0. The van der Waals surface area contributed by atoms with Gasteiger partial charge in [0.1, 0.15) is 0 Å². The van der Waals surface area contributed by atoms with Crippen molar-refractivity contribution in [3.8, 4) is 11.1 Å². The Kier molecular flexibility index (Phi) is 8.38. The highest BCUT2D eigenvalue weighted by molar-refractivity contribution is 5.64. The lowest BCUT2D eigenvalue weighted by molar-refractivity contribution is -0.161. The molecule has 1 atom stereocenters. The largest absolute Gasteiger partial charge is 0.380 e. The van der Waals surface area contributed by atoms with Crippen LogP contribution in [0.3, 0.4) is 0 Å². The fourth-order valence-corrected chi connectivity index (χ4v) is 5.17. The van der Waals surface area contributed by atoms with Gasteiger partial charge in [0.2, 0.25) is 0 Å². The van der Waals surface area contributed by atoms with Crippen molar-refractivity contribution in [3.05, 3.63) is 59.7 Å². The van der Waals surface area contributed by atoms with Crippen LogP contribution in [-0.4, -0.2) is 44.7 Å². The fourth-order valence-electron chi connectivity index (χ4n) is 5.17. The molecule has 0 N–H and O–H groups in total. The summed E-state index contributed by atoms with van der Waals surface area (Å²) in [6.45, 7) is 15.9. The maximum Gasteiger partial charge on any atom is 0.0724 e. The summed E-state index contributed by atoms with van der Waals surface area (Å²) in [5, 5.41) is 0. The molecule has 2 aliphatic rings. The van der Waals surface area contributed by atoms with Crippen LogP contribution >= 0.6 is 0 Å². The summed E-state index contributed by atoms with van der Waals surface area (Å²) in [5.74, 6) is 0. The van der Waals surface area contributed by atoms with Gasteiger partial charge in [0.15, 0.2) is 0 Å². The van der Waals surface area contributed by atoms with Crippen LogP contribution in [0.1, 0.15) is 65.0 Å². The molecular weight excluding hydrogens is 436 g/mol. The zero-order valence-electron chi connectivity index (χ0n) is 22.4. The van der Waals surface area contributed by atoms with E-state index in [2.05, 4.69) is 83.1 Å². The molecule has 2 aromatic rings. The second-order valence-corrected chi connectivity index (χ2v) is 11.6. The van der Waals surface area contributed by atoms with Gasteiger partial charge in [-0.25, -0.2) is 0 Å². The lowest BCUT2D eigenvalue weighted by Gasteiger charge is -2.45. The van der Waals surface area contributed by atoms with Gasteiger partial charge in [-0.2, -0.15) is 0 Å². The maximum atomic E-state index is 6.33. The Labute approximate surface area is 212 Å². The molecule has 0 radical (unpaired) electrons. The normalized spacial score (nSPS) is 19.6. The monoisotopic (exact) mass is 480 g/mol. The molecule has 2 saturated heterocycles. The summed E-state index contributed by atoms with van der Waals surface area (Å²) in [7, 11) is 0. The molecule has 2 aromatic carbocycles. The second-order valence-electron chi connectivity index (χ2n) is 11.6.